The summed E-state index contributed by atoms with van der Waals surface area (Å²) in [4.78, 5) is 24.1. The molecule has 3 aromatic rings. The molecule has 0 bridgehead atoms. The van der Waals surface area contributed by atoms with Crippen molar-refractivity contribution in [3.63, 3.8) is 0 Å². The van der Waals surface area contributed by atoms with Crippen molar-refractivity contribution in [2.24, 2.45) is 0 Å². The molecule has 1 N–H and O–H groups in total. The lowest BCUT2D eigenvalue weighted by atomic mass is 10.2. The highest BCUT2D eigenvalue weighted by atomic mass is 19.1. The number of nitrogens with one attached hydrogen (secondary N) is 1. The molecule has 1 amide bonds. The Morgan fingerprint density at radius 2 is 1.85 bits per heavy atom. The number of nitrogens with zero attached hydrogens (tertiary/aromatic N) is 1. The Labute approximate surface area is 150 Å². The summed E-state index contributed by atoms with van der Waals surface area (Å²) in [5, 5.41) is 3.52. The topological polar surface area (TPSA) is 60.3 Å². The van der Waals surface area contributed by atoms with E-state index < -0.39 is 5.97 Å². The Bertz CT molecular complexity index is 945. The van der Waals surface area contributed by atoms with Gasteiger partial charge < -0.3 is 14.6 Å². The van der Waals surface area contributed by atoms with Gasteiger partial charge in [-0.2, -0.15) is 0 Å². The SMILES string of the molecule is CC(C)OC(=O)c1ccc(NC(=O)Cn2ccc3cc(F)ccc32)cc1. The average molecular weight is 354 g/mol. The Kier molecular flexibility index (Phi) is 5.02. The Morgan fingerprint density at radius 1 is 1.12 bits per heavy atom. The number of amides is 1. The summed E-state index contributed by atoms with van der Waals surface area (Å²) in [6.45, 7) is 3.67. The first-order chi connectivity index (χ1) is 12.4. The van der Waals surface area contributed by atoms with Gasteiger partial charge in [-0.25, -0.2) is 9.18 Å². The van der Waals surface area contributed by atoms with Crippen molar-refractivity contribution in [1.82, 2.24) is 4.57 Å². The molecule has 1 aromatic heterocycles. The monoisotopic (exact) mass is 354 g/mol. The molecule has 0 radical (unpaired) electrons. The van der Waals surface area contributed by atoms with Gasteiger partial charge in [0.05, 0.1) is 11.7 Å². The van der Waals surface area contributed by atoms with Gasteiger partial charge >= 0.3 is 5.97 Å². The lowest BCUT2D eigenvalue weighted by molar-refractivity contribution is -0.116. The molecular formula is C20H19FN2O3. The molecule has 0 saturated heterocycles. The lowest BCUT2D eigenvalue weighted by Gasteiger charge is -2.10. The highest BCUT2D eigenvalue weighted by Crippen LogP contribution is 2.17. The number of esters is 1. The number of carbonyl (C=O) groups excluding carboxylic acids is 2. The van der Waals surface area contributed by atoms with E-state index in [1.54, 1.807) is 61.0 Å². The predicted octanol–water partition coefficient (Wildman–Crippen LogP) is 3.98. The molecule has 3 rings (SSSR count). The van der Waals surface area contributed by atoms with Crippen LogP contribution in [-0.2, 0) is 16.1 Å². The van der Waals surface area contributed by atoms with E-state index in [1.807, 2.05) is 0 Å². The zero-order chi connectivity index (χ0) is 18.7. The van der Waals surface area contributed by atoms with Crippen LogP contribution < -0.4 is 5.32 Å². The van der Waals surface area contributed by atoms with Crippen LogP contribution in [0, 0.1) is 5.82 Å². The van der Waals surface area contributed by atoms with Crippen molar-refractivity contribution in [2.75, 3.05) is 5.32 Å². The first kappa shape index (κ1) is 17.7. The Hall–Kier alpha value is -3.15. The maximum absolute atomic E-state index is 13.2. The van der Waals surface area contributed by atoms with Crippen LogP contribution in [0.25, 0.3) is 10.9 Å². The minimum atomic E-state index is -0.399. The molecule has 1 heterocycles. The molecular weight excluding hydrogens is 335 g/mol. The fourth-order valence-electron chi connectivity index (χ4n) is 2.64. The standard InChI is InChI=1S/C20H19FN2O3/c1-13(2)26-20(25)14-3-6-17(7-4-14)22-19(24)12-23-10-9-15-11-16(21)5-8-18(15)23/h3-11,13H,12H2,1-2H3,(H,22,24). The van der Waals surface area contributed by atoms with Crippen LogP contribution in [0.1, 0.15) is 24.2 Å². The van der Waals surface area contributed by atoms with Crippen LogP contribution in [0.5, 0.6) is 0 Å². The van der Waals surface area contributed by atoms with Crippen molar-refractivity contribution in [1.29, 1.82) is 0 Å². The van der Waals surface area contributed by atoms with E-state index in [0.29, 0.717) is 11.3 Å². The summed E-state index contributed by atoms with van der Waals surface area (Å²) < 4.78 is 20.1. The molecule has 0 aliphatic carbocycles. The van der Waals surface area contributed by atoms with Crippen LogP contribution in [0.4, 0.5) is 10.1 Å². The quantitative estimate of drug-likeness (QED) is 0.705. The molecule has 0 saturated carbocycles. The predicted molar refractivity (Wildman–Crippen MR) is 97.5 cm³/mol. The van der Waals surface area contributed by atoms with Gasteiger partial charge in [0.2, 0.25) is 5.91 Å². The number of benzene rings is 2. The fraction of sp³-hybridized carbons (Fsp3) is 0.200. The third-order valence-corrected chi connectivity index (χ3v) is 3.79. The summed E-state index contributed by atoms with van der Waals surface area (Å²) in [7, 11) is 0. The van der Waals surface area contributed by atoms with E-state index >= 15 is 0 Å². The fourth-order valence-corrected chi connectivity index (χ4v) is 2.64. The smallest absolute Gasteiger partial charge is 0.338 e. The Morgan fingerprint density at radius 3 is 2.54 bits per heavy atom. The number of rotatable bonds is 5. The number of ether oxygens (including phenoxy) is 1. The summed E-state index contributed by atoms with van der Waals surface area (Å²) in [5.41, 5.74) is 1.79. The second-order valence-electron chi connectivity index (χ2n) is 6.23. The zero-order valence-corrected chi connectivity index (χ0v) is 14.5. The van der Waals surface area contributed by atoms with E-state index in [1.165, 1.54) is 12.1 Å². The summed E-state index contributed by atoms with van der Waals surface area (Å²) in [6, 6.07) is 12.7. The molecule has 134 valence electrons. The van der Waals surface area contributed by atoms with Gasteiger partial charge in [0, 0.05) is 22.8 Å². The van der Waals surface area contributed by atoms with Gasteiger partial charge in [-0.15, -0.1) is 0 Å². The average Bonchev–Trinajstić information content (AvgIpc) is 2.96. The van der Waals surface area contributed by atoms with E-state index in [0.717, 1.165) is 10.9 Å². The molecule has 5 nitrogen and oxygen atoms in total. The van der Waals surface area contributed by atoms with Crippen LogP contribution in [-0.4, -0.2) is 22.5 Å². The first-order valence-corrected chi connectivity index (χ1v) is 8.27. The second-order valence-corrected chi connectivity index (χ2v) is 6.23. The number of hydrogen-bond acceptors (Lipinski definition) is 3. The van der Waals surface area contributed by atoms with Crippen molar-refractivity contribution >= 4 is 28.5 Å². The lowest BCUT2D eigenvalue weighted by Crippen LogP contribution is -2.18. The zero-order valence-electron chi connectivity index (χ0n) is 14.5. The van der Waals surface area contributed by atoms with Gasteiger partial charge in [0.1, 0.15) is 12.4 Å². The molecule has 2 aromatic carbocycles. The maximum atomic E-state index is 13.2. The van der Waals surface area contributed by atoms with Crippen LogP contribution >= 0.6 is 0 Å². The summed E-state index contributed by atoms with van der Waals surface area (Å²) in [6.07, 6.45) is 1.56. The molecule has 0 fully saturated rings. The van der Waals surface area contributed by atoms with Gasteiger partial charge in [-0.3, -0.25) is 4.79 Å². The third-order valence-electron chi connectivity index (χ3n) is 3.79. The molecule has 0 atom stereocenters. The highest BCUT2D eigenvalue weighted by molar-refractivity contribution is 5.93. The molecule has 26 heavy (non-hydrogen) atoms. The van der Waals surface area contributed by atoms with Gasteiger partial charge in [-0.1, -0.05) is 0 Å². The molecule has 0 spiro atoms. The Balaban J connectivity index is 1.65. The normalized spacial score (nSPS) is 10.9. The number of hydrogen-bond donors (Lipinski definition) is 1. The van der Waals surface area contributed by atoms with E-state index in [4.69, 9.17) is 4.74 Å². The first-order valence-electron chi connectivity index (χ1n) is 8.27. The van der Waals surface area contributed by atoms with Gasteiger partial charge in [-0.05, 0) is 62.4 Å². The largest absolute Gasteiger partial charge is 0.459 e. The molecule has 0 aliphatic heterocycles. The van der Waals surface area contributed by atoms with Crippen molar-refractivity contribution in [3.05, 3.63) is 66.1 Å². The number of fused-ring (bicyclic) bond motifs is 1. The van der Waals surface area contributed by atoms with E-state index in [2.05, 4.69) is 5.32 Å². The number of anilines is 1. The molecule has 0 aliphatic rings. The van der Waals surface area contributed by atoms with Crippen molar-refractivity contribution in [3.8, 4) is 0 Å². The molecule has 6 heteroatoms. The minimum Gasteiger partial charge on any atom is -0.459 e. The number of aromatic nitrogens is 1. The van der Waals surface area contributed by atoms with E-state index in [9.17, 15) is 14.0 Å². The van der Waals surface area contributed by atoms with Crippen LogP contribution in [0.3, 0.4) is 0 Å². The van der Waals surface area contributed by atoms with Crippen molar-refractivity contribution < 1.29 is 18.7 Å². The van der Waals surface area contributed by atoms with Crippen LogP contribution in [0.2, 0.25) is 0 Å². The minimum absolute atomic E-state index is 0.103. The van der Waals surface area contributed by atoms with Gasteiger partial charge in [0.15, 0.2) is 0 Å². The third kappa shape index (κ3) is 4.08. The highest BCUT2D eigenvalue weighted by Gasteiger charge is 2.10. The second kappa shape index (κ2) is 7.39. The maximum Gasteiger partial charge on any atom is 0.338 e. The van der Waals surface area contributed by atoms with Crippen molar-refractivity contribution in [2.45, 2.75) is 26.5 Å². The number of halogens is 1. The summed E-state index contributed by atoms with van der Waals surface area (Å²) in [5.74, 6) is -0.927. The number of carbonyl (C=O) groups is 2. The van der Waals surface area contributed by atoms with E-state index in [-0.39, 0.29) is 24.4 Å². The summed E-state index contributed by atoms with van der Waals surface area (Å²) >= 11 is 0. The molecule has 0 unspecified atom stereocenters. The van der Waals surface area contributed by atoms with Gasteiger partial charge in [0.25, 0.3) is 0 Å². The van der Waals surface area contributed by atoms with Crippen LogP contribution in [0.15, 0.2) is 54.7 Å².